The van der Waals surface area contributed by atoms with Gasteiger partial charge in [-0.15, -0.1) is 11.3 Å². The highest BCUT2D eigenvalue weighted by atomic mass is 32.2. The zero-order valence-corrected chi connectivity index (χ0v) is 22.2. The third-order valence-electron chi connectivity index (χ3n) is 6.90. The van der Waals surface area contributed by atoms with Crippen LogP contribution in [-0.4, -0.2) is 21.3 Å². The standard InChI is InChI=1S/C27H25N3O5S2/c1-15-7-8-16(2)21(9-15)29-26(31)23-20-5-3-4-6-22(20)37-25(23)28-27(29)36-13-18-11-19(30(32)33)10-17-12-34-14-35-24(17)18/h7-11H,3-6,12-14H2,1-2H3. The van der Waals surface area contributed by atoms with Gasteiger partial charge in [0.25, 0.3) is 11.2 Å². The van der Waals surface area contributed by atoms with Crippen molar-refractivity contribution in [1.82, 2.24) is 9.55 Å². The maximum Gasteiger partial charge on any atom is 0.270 e. The van der Waals surface area contributed by atoms with Crippen LogP contribution < -0.4 is 10.3 Å². The zero-order chi connectivity index (χ0) is 25.7. The predicted molar refractivity (Wildman–Crippen MR) is 144 cm³/mol. The molecule has 2 aromatic heterocycles. The van der Waals surface area contributed by atoms with Gasteiger partial charge in [-0.1, -0.05) is 23.9 Å². The van der Waals surface area contributed by atoms with Gasteiger partial charge >= 0.3 is 0 Å². The van der Waals surface area contributed by atoms with Crippen LogP contribution in [0.3, 0.4) is 0 Å². The minimum atomic E-state index is -0.407. The first-order chi connectivity index (χ1) is 17.9. The van der Waals surface area contributed by atoms with Gasteiger partial charge in [0, 0.05) is 33.9 Å². The number of nitro groups is 1. The fraction of sp³-hybridized carbons (Fsp3) is 0.333. The summed E-state index contributed by atoms with van der Waals surface area (Å²) in [5.41, 5.74) is 5.27. The Morgan fingerprint density at radius 2 is 2.03 bits per heavy atom. The number of benzene rings is 2. The van der Waals surface area contributed by atoms with Gasteiger partial charge in [-0.05, 0) is 62.3 Å². The molecular weight excluding hydrogens is 510 g/mol. The topological polar surface area (TPSA) is 96.5 Å². The van der Waals surface area contributed by atoms with Crippen molar-refractivity contribution in [2.75, 3.05) is 6.79 Å². The summed E-state index contributed by atoms with van der Waals surface area (Å²) in [6.45, 7) is 4.36. The normalized spacial score (nSPS) is 14.8. The molecule has 0 radical (unpaired) electrons. The van der Waals surface area contributed by atoms with Gasteiger partial charge < -0.3 is 9.47 Å². The summed E-state index contributed by atoms with van der Waals surface area (Å²) >= 11 is 3.01. The van der Waals surface area contributed by atoms with E-state index in [1.165, 1.54) is 22.7 Å². The van der Waals surface area contributed by atoms with Gasteiger partial charge in [-0.25, -0.2) is 4.98 Å². The minimum absolute atomic E-state index is 0.00953. The first-order valence-corrected chi connectivity index (χ1v) is 14.0. The Kier molecular flexibility index (Phi) is 6.26. The fourth-order valence-corrected chi connectivity index (χ4v) is 7.37. The van der Waals surface area contributed by atoms with Crippen LogP contribution in [0.1, 0.15) is 45.5 Å². The molecule has 3 heterocycles. The molecule has 0 saturated heterocycles. The third-order valence-corrected chi connectivity index (χ3v) is 9.08. The van der Waals surface area contributed by atoms with E-state index in [-0.39, 0.29) is 24.6 Å². The summed E-state index contributed by atoms with van der Waals surface area (Å²) in [5.74, 6) is 0.968. The van der Waals surface area contributed by atoms with Crippen LogP contribution in [0.4, 0.5) is 5.69 Å². The summed E-state index contributed by atoms with van der Waals surface area (Å²) in [4.78, 5) is 32.3. The van der Waals surface area contributed by atoms with Gasteiger partial charge in [0.15, 0.2) is 11.9 Å². The van der Waals surface area contributed by atoms with E-state index in [9.17, 15) is 14.9 Å². The molecular formula is C27H25N3O5S2. The molecule has 0 unspecified atom stereocenters. The maximum atomic E-state index is 14.1. The zero-order valence-electron chi connectivity index (χ0n) is 20.5. The van der Waals surface area contributed by atoms with E-state index < -0.39 is 4.92 Å². The van der Waals surface area contributed by atoms with Crippen LogP contribution in [0.25, 0.3) is 15.9 Å². The highest BCUT2D eigenvalue weighted by Crippen LogP contribution is 2.39. The van der Waals surface area contributed by atoms with E-state index >= 15 is 0 Å². The van der Waals surface area contributed by atoms with Crippen molar-refractivity contribution < 1.29 is 14.4 Å². The lowest BCUT2D eigenvalue weighted by Crippen LogP contribution is -2.23. The molecule has 2 aliphatic rings. The lowest BCUT2D eigenvalue weighted by molar-refractivity contribution is -0.385. The quantitative estimate of drug-likeness (QED) is 0.134. The van der Waals surface area contributed by atoms with Crippen molar-refractivity contribution in [3.8, 4) is 11.4 Å². The molecule has 1 aliphatic heterocycles. The number of thioether (sulfide) groups is 1. The van der Waals surface area contributed by atoms with Crippen molar-refractivity contribution in [2.45, 2.75) is 57.0 Å². The molecule has 4 aromatic rings. The summed E-state index contributed by atoms with van der Waals surface area (Å²) < 4.78 is 12.8. The number of aryl methyl sites for hydroxylation is 4. The Morgan fingerprint density at radius 1 is 1.19 bits per heavy atom. The molecule has 10 heteroatoms. The number of ether oxygens (including phenoxy) is 2. The Balaban J connectivity index is 1.51. The Labute approximate surface area is 221 Å². The van der Waals surface area contributed by atoms with Crippen LogP contribution in [0.5, 0.6) is 5.75 Å². The number of hydrogen-bond acceptors (Lipinski definition) is 8. The molecule has 190 valence electrons. The van der Waals surface area contributed by atoms with E-state index in [1.807, 2.05) is 32.0 Å². The number of thiophene rings is 1. The number of rotatable bonds is 5. The second kappa shape index (κ2) is 9.59. The summed E-state index contributed by atoms with van der Waals surface area (Å²) in [7, 11) is 0. The average Bonchev–Trinajstić information content (AvgIpc) is 3.27. The summed E-state index contributed by atoms with van der Waals surface area (Å²) in [6.07, 6.45) is 4.11. The molecule has 0 amide bonds. The third kappa shape index (κ3) is 4.32. The van der Waals surface area contributed by atoms with Crippen molar-refractivity contribution in [3.05, 3.63) is 83.5 Å². The predicted octanol–water partition coefficient (Wildman–Crippen LogP) is 6.01. The van der Waals surface area contributed by atoms with Crippen LogP contribution in [0.2, 0.25) is 0 Å². The molecule has 1 aliphatic carbocycles. The Hall–Kier alpha value is -3.21. The van der Waals surface area contributed by atoms with Gasteiger partial charge in [0.2, 0.25) is 0 Å². The SMILES string of the molecule is Cc1ccc(C)c(-n2c(SCc3cc([N+](=O)[O-])cc4c3OCOC4)nc3sc4c(c3c2=O)CCCC4)c1. The van der Waals surface area contributed by atoms with Crippen LogP contribution in [-0.2, 0) is 29.9 Å². The number of nitro benzene ring substituents is 1. The number of hydrogen-bond donors (Lipinski definition) is 0. The second-order valence-electron chi connectivity index (χ2n) is 9.47. The minimum Gasteiger partial charge on any atom is -0.467 e. The van der Waals surface area contributed by atoms with E-state index in [1.54, 1.807) is 22.0 Å². The highest BCUT2D eigenvalue weighted by molar-refractivity contribution is 7.98. The van der Waals surface area contributed by atoms with Gasteiger partial charge in [0.1, 0.15) is 10.6 Å². The van der Waals surface area contributed by atoms with Crippen LogP contribution in [0, 0.1) is 24.0 Å². The molecule has 37 heavy (non-hydrogen) atoms. The molecule has 0 atom stereocenters. The maximum absolute atomic E-state index is 14.1. The molecule has 2 aromatic carbocycles. The lowest BCUT2D eigenvalue weighted by atomic mass is 9.97. The molecule has 0 saturated carbocycles. The van der Waals surface area contributed by atoms with Gasteiger partial charge in [0.05, 0.1) is 22.6 Å². The average molecular weight is 536 g/mol. The largest absolute Gasteiger partial charge is 0.467 e. The van der Waals surface area contributed by atoms with Gasteiger partial charge in [-0.2, -0.15) is 0 Å². The highest BCUT2D eigenvalue weighted by Gasteiger charge is 2.25. The molecule has 0 N–H and O–H groups in total. The number of non-ortho nitro benzene ring substituents is 1. The number of nitrogens with zero attached hydrogens (tertiary/aromatic N) is 3. The van der Waals surface area contributed by atoms with E-state index in [2.05, 4.69) is 0 Å². The van der Waals surface area contributed by atoms with E-state index in [0.717, 1.165) is 58.3 Å². The fourth-order valence-electron chi connectivity index (χ4n) is 5.09. The monoisotopic (exact) mass is 535 g/mol. The number of aromatic nitrogens is 2. The van der Waals surface area contributed by atoms with E-state index in [0.29, 0.717) is 27.8 Å². The van der Waals surface area contributed by atoms with Crippen LogP contribution in [0.15, 0.2) is 40.3 Å². The number of fused-ring (bicyclic) bond motifs is 4. The van der Waals surface area contributed by atoms with Crippen molar-refractivity contribution in [3.63, 3.8) is 0 Å². The van der Waals surface area contributed by atoms with Crippen molar-refractivity contribution in [1.29, 1.82) is 0 Å². The molecule has 0 fully saturated rings. The van der Waals surface area contributed by atoms with E-state index in [4.69, 9.17) is 14.5 Å². The Morgan fingerprint density at radius 3 is 2.86 bits per heavy atom. The second-order valence-corrected chi connectivity index (χ2v) is 11.5. The van der Waals surface area contributed by atoms with Crippen molar-refractivity contribution in [2.24, 2.45) is 0 Å². The summed E-state index contributed by atoms with van der Waals surface area (Å²) in [6, 6.07) is 9.10. The Bertz CT molecular complexity index is 1630. The molecule has 8 nitrogen and oxygen atoms in total. The first-order valence-electron chi connectivity index (χ1n) is 12.2. The first kappa shape index (κ1) is 24.1. The lowest BCUT2D eigenvalue weighted by Gasteiger charge is -2.21. The molecule has 0 spiro atoms. The van der Waals surface area contributed by atoms with Crippen molar-refractivity contribution >= 4 is 39.0 Å². The van der Waals surface area contributed by atoms with Gasteiger partial charge in [-0.3, -0.25) is 19.5 Å². The smallest absolute Gasteiger partial charge is 0.270 e. The molecule has 6 rings (SSSR count). The van der Waals surface area contributed by atoms with Crippen LogP contribution >= 0.6 is 23.1 Å². The summed E-state index contributed by atoms with van der Waals surface area (Å²) in [5, 5.41) is 12.9. The molecule has 0 bridgehead atoms.